The second-order valence-electron chi connectivity index (χ2n) is 4.42. The summed E-state index contributed by atoms with van der Waals surface area (Å²) in [6.07, 6.45) is 7.17. The molecule has 16 heavy (non-hydrogen) atoms. The summed E-state index contributed by atoms with van der Waals surface area (Å²) < 4.78 is 6.48. The van der Waals surface area contributed by atoms with Gasteiger partial charge in [-0.05, 0) is 52.7 Å². The number of hydrogen-bond donors (Lipinski definition) is 1. The first-order chi connectivity index (χ1) is 7.70. The minimum atomic E-state index is 0.0635. The molecule has 2 unspecified atom stereocenters. The summed E-state index contributed by atoms with van der Waals surface area (Å²) in [5.74, 6) is 0.667. The molecule has 1 aromatic rings. The summed E-state index contributed by atoms with van der Waals surface area (Å²) in [6, 6.07) is 2.13. The zero-order valence-corrected chi connectivity index (χ0v) is 11.0. The lowest BCUT2D eigenvalue weighted by Crippen LogP contribution is -2.39. The van der Waals surface area contributed by atoms with E-state index in [1.165, 1.54) is 12.8 Å². The van der Waals surface area contributed by atoms with Crippen molar-refractivity contribution in [3.05, 3.63) is 28.5 Å². The first-order valence-corrected chi connectivity index (χ1v) is 6.38. The van der Waals surface area contributed by atoms with Crippen LogP contribution in [0.1, 0.15) is 18.4 Å². The Balaban J connectivity index is 1.97. The molecule has 0 radical (unpaired) electrons. The van der Waals surface area contributed by atoms with Crippen LogP contribution < -0.4 is 5.73 Å². The summed E-state index contributed by atoms with van der Waals surface area (Å²) in [5.41, 5.74) is 7.34. The highest BCUT2D eigenvalue weighted by Gasteiger charge is 2.35. The molecule has 88 valence electrons. The molecule has 0 aromatic carbocycles. The third-order valence-electron chi connectivity index (χ3n) is 3.01. The Morgan fingerprint density at radius 3 is 2.88 bits per heavy atom. The van der Waals surface area contributed by atoms with Gasteiger partial charge in [0.05, 0.1) is 6.10 Å². The van der Waals surface area contributed by atoms with Gasteiger partial charge < -0.3 is 10.5 Å². The van der Waals surface area contributed by atoms with E-state index in [4.69, 9.17) is 10.5 Å². The number of pyridine rings is 1. The van der Waals surface area contributed by atoms with Crippen molar-refractivity contribution in [3.8, 4) is 0 Å². The molecule has 2 atom stereocenters. The van der Waals surface area contributed by atoms with Crippen LogP contribution in [-0.2, 0) is 11.2 Å². The van der Waals surface area contributed by atoms with Gasteiger partial charge in [0.15, 0.2) is 0 Å². The number of rotatable bonds is 5. The zero-order valence-electron chi connectivity index (χ0n) is 9.40. The average molecular weight is 285 g/mol. The van der Waals surface area contributed by atoms with Crippen LogP contribution in [0.2, 0.25) is 0 Å². The van der Waals surface area contributed by atoms with Crippen molar-refractivity contribution < 1.29 is 4.74 Å². The lowest BCUT2D eigenvalue weighted by molar-refractivity contribution is 0.0626. The van der Waals surface area contributed by atoms with Crippen molar-refractivity contribution in [2.45, 2.75) is 31.4 Å². The predicted molar refractivity (Wildman–Crippen MR) is 67.1 cm³/mol. The normalized spacial score (nSPS) is 19.4. The summed E-state index contributed by atoms with van der Waals surface area (Å²) in [4.78, 5) is 4.14. The lowest BCUT2D eigenvalue weighted by atomic mass is 10.0. The summed E-state index contributed by atoms with van der Waals surface area (Å²) in [5, 5.41) is 0. The van der Waals surface area contributed by atoms with E-state index in [0.29, 0.717) is 5.92 Å². The molecule has 2 rings (SSSR count). The maximum atomic E-state index is 6.18. The number of nitrogens with two attached hydrogens (primary N) is 1. The van der Waals surface area contributed by atoms with E-state index in [0.717, 1.165) is 16.5 Å². The van der Waals surface area contributed by atoms with Crippen LogP contribution >= 0.6 is 15.9 Å². The number of aromatic nitrogens is 1. The molecule has 4 heteroatoms. The number of methoxy groups -OCH3 is 1. The number of hydrogen-bond acceptors (Lipinski definition) is 3. The van der Waals surface area contributed by atoms with Crippen molar-refractivity contribution in [3.63, 3.8) is 0 Å². The fraction of sp³-hybridized carbons (Fsp3) is 0.583. The molecular weight excluding hydrogens is 268 g/mol. The van der Waals surface area contributed by atoms with E-state index in [-0.39, 0.29) is 12.1 Å². The molecule has 0 bridgehead atoms. The average Bonchev–Trinajstić information content (AvgIpc) is 3.03. The topological polar surface area (TPSA) is 48.1 Å². The van der Waals surface area contributed by atoms with Gasteiger partial charge in [-0.3, -0.25) is 4.98 Å². The fourth-order valence-electron chi connectivity index (χ4n) is 2.10. The standard InChI is InChI=1S/C12H17BrN2O/c1-16-12(9-2-3-9)11(14)5-8-4-10(13)7-15-6-8/h4,6-7,9,11-12H,2-3,5,14H2,1H3. The van der Waals surface area contributed by atoms with Crippen LogP contribution in [0.4, 0.5) is 0 Å². The van der Waals surface area contributed by atoms with E-state index in [1.807, 2.05) is 6.20 Å². The van der Waals surface area contributed by atoms with Gasteiger partial charge in [0, 0.05) is 30.0 Å². The predicted octanol–water partition coefficient (Wildman–Crippen LogP) is 2.14. The molecule has 1 aliphatic carbocycles. The van der Waals surface area contributed by atoms with Crippen molar-refractivity contribution in [1.29, 1.82) is 0 Å². The first-order valence-electron chi connectivity index (χ1n) is 5.58. The van der Waals surface area contributed by atoms with Crippen LogP contribution in [0.15, 0.2) is 22.9 Å². The van der Waals surface area contributed by atoms with Crippen LogP contribution in [0, 0.1) is 5.92 Å². The van der Waals surface area contributed by atoms with Gasteiger partial charge in [-0.25, -0.2) is 0 Å². The van der Waals surface area contributed by atoms with E-state index >= 15 is 0 Å². The molecule has 2 N–H and O–H groups in total. The van der Waals surface area contributed by atoms with Gasteiger partial charge in [-0.1, -0.05) is 0 Å². The van der Waals surface area contributed by atoms with Crippen LogP contribution in [0.5, 0.6) is 0 Å². The van der Waals surface area contributed by atoms with Gasteiger partial charge in [-0.2, -0.15) is 0 Å². The molecule has 0 saturated heterocycles. The highest BCUT2D eigenvalue weighted by Crippen LogP contribution is 2.35. The highest BCUT2D eigenvalue weighted by atomic mass is 79.9. The zero-order chi connectivity index (χ0) is 11.5. The molecule has 1 aliphatic rings. The quantitative estimate of drug-likeness (QED) is 0.901. The number of nitrogens with zero attached hydrogens (tertiary/aromatic N) is 1. The van der Waals surface area contributed by atoms with E-state index in [2.05, 4.69) is 27.0 Å². The van der Waals surface area contributed by atoms with Crippen LogP contribution in [-0.4, -0.2) is 24.2 Å². The molecule has 3 nitrogen and oxygen atoms in total. The van der Waals surface area contributed by atoms with Gasteiger partial charge >= 0.3 is 0 Å². The Hall–Kier alpha value is -0.450. The monoisotopic (exact) mass is 284 g/mol. The smallest absolute Gasteiger partial charge is 0.0753 e. The number of halogens is 1. The SMILES string of the molecule is COC(C(N)Cc1cncc(Br)c1)C1CC1. The van der Waals surface area contributed by atoms with E-state index in [1.54, 1.807) is 13.3 Å². The maximum absolute atomic E-state index is 6.18. The molecule has 0 amide bonds. The second kappa shape index (κ2) is 5.25. The highest BCUT2D eigenvalue weighted by molar-refractivity contribution is 9.10. The molecule has 1 heterocycles. The largest absolute Gasteiger partial charge is 0.380 e. The molecule has 1 saturated carbocycles. The van der Waals surface area contributed by atoms with Gasteiger partial charge in [0.2, 0.25) is 0 Å². The van der Waals surface area contributed by atoms with Crippen molar-refractivity contribution in [1.82, 2.24) is 4.98 Å². The summed E-state index contributed by atoms with van der Waals surface area (Å²) in [7, 11) is 1.75. The summed E-state index contributed by atoms with van der Waals surface area (Å²) in [6.45, 7) is 0. The maximum Gasteiger partial charge on any atom is 0.0753 e. The fourth-order valence-corrected chi connectivity index (χ4v) is 2.51. The van der Waals surface area contributed by atoms with Crippen molar-refractivity contribution in [2.24, 2.45) is 11.7 Å². The molecule has 1 aromatic heterocycles. The molecular formula is C12H17BrN2O. The van der Waals surface area contributed by atoms with Crippen molar-refractivity contribution in [2.75, 3.05) is 7.11 Å². The summed E-state index contributed by atoms with van der Waals surface area (Å²) >= 11 is 3.41. The molecule has 1 fully saturated rings. The Bertz CT molecular complexity index is 355. The van der Waals surface area contributed by atoms with Gasteiger partial charge in [0.1, 0.15) is 0 Å². The Kier molecular flexibility index (Phi) is 3.95. The van der Waals surface area contributed by atoms with E-state index in [9.17, 15) is 0 Å². The first kappa shape index (κ1) is 12.0. The minimum Gasteiger partial charge on any atom is -0.380 e. The minimum absolute atomic E-state index is 0.0635. The molecule has 0 spiro atoms. The van der Waals surface area contributed by atoms with Crippen LogP contribution in [0.25, 0.3) is 0 Å². The van der Waals surface area contributed by atoms with Gasteiger partial charge in [-0.15, -0.1) is 0 Å². The Labute approximate surface area is 105 Å². The van der Waals surface area contributed by atoms with Crippen LogP contribution in [0.3, 0.4) is 0 Å². The second-order valence-corrected chi connectivity index (χ2v) is 5.33. The Morgan fingerprint density at radius 1 is 1.56 bits per heavy atom. The third kappa shape index (κ3) is 3.03. The van der Waals surface area contributed by atoms with Gasteiger partial charge in [0.25, 0.3) is 0 Å². The number of ether oxygens (including phenoxy) is 1. The lowest BCUT2D eigenvalue weighted by Gasteiger charge is -2.22. The Morgan fingerprint density at radius 2 is 2.31 bits per heavy atom. The van der Waals surface area contributed by atoms with Crippen molar-refractivity contribution >= 4 is 15.9 Å². The van der Waals surface area contributed by atoms with E-state index < -0.39 is 0 Å². The molecule has 0 aliphatic heterocycles. The third-order valence-corrected chi connectivity index (χ3v) is 3.45.